The molecule has 1 unspecified atom stereocenters. The van der Waals surface area contributed by atoms with E-state index in [0.29, 0.717) is 43.7 Å². The van der Waals surface area contributed by atoms with Crippen LogP contribution >= 0.6 is 22.9 Å². The molecular formula is C26H25ClN2O5S. The van der Waals surface area contributed by atoms with Gasteiger partial charge in [-0.2, -0.15) is 0 Å². The summed E-state index contributed by atoms with van der Waals surface area (Å²) in [5, 5.41) is 0.559. The van der Waals surface area contributed by atoms with Gasteiger partial charge in [-0.05, 0) is 62.2 Å². The summed E-state index contributed by atoms with van der Waals surface area (Å²) >= 11 is 7.36. The van der Waals surface area contributed by atoms with E-state index in [1.54, 1.807) is 55.9 Å². The lowest BCUT2D eigenvalue weighted by Gasteiger charge is -2.24. The quantitative estimate of drug-likeness (QED) is 0.449. The number of methoxy groups -OCH3 is 1. The number of carbonyl (C=O) groups excluding carboxylic acids is 1. The van der Waals surface area contributed by atoms with Crippen LogP contribution in [0.2, 0.25) is 5.02 Å². The fourth-order valence-corrected chi connectivity index (χ4v) is 5.12. The zero-order chi connectivity index (χ0) is 25.1. The van der Waals surface area contributed by atoms with Crippen molar-refractivity contribution in [1.29, 1.82) is 0 Å². The minimum Gasteiger partial charge on any atom is -0.493 e. The molecule has 35 heavy (non-hydrogen) atoms. The summed E-state index contributed by atoms with van der Waals surface area (Å²) in [6, 6.07) is 11.9. The molecule has 9 heteroatoms. The van der Waals surface area contributed by atoms with Crippen LogP contribution in [0, 0.1) is 0 Å². The molecule has 0 amide bonds. The Labute approximate surface area is 211 Å². The van der Waals surface area contributed by atoms with E-state index in [2.05, 4.69) is 4.99 Å². The largest absolute Gasteiger partial charge is 0.493 e. The van der Waals surface area contributed by atoms with Crippen molar-refractivity contribution in [2.45, 2.75) is 26.8 Å². The molecule has 0 N–H and O–H groups in total. The van der Waals surface area contributed by atoms with Crippen molar-refractivity contribution < 1.29 is 19.0 Å². The number of hydrogen-bond donors (Lipinski definition) is 0. The Hall–Kier alpha value is -3.36. The van der Waals surface area contributed by atoms with Gasteiger partial charge in [0.1, 0.15) is 0 Å². The van der Waals surface area contributed by atoms with Gasteiger partial charge in [0.15, 0.2) is 16.3 Å². The maximum atomic E-state index is 13.7. The van der Waals surface area contributed by atoms with E-state index in [9.17, 15) is 9.59 Å². The fraction of sp³-hybridized carbons (Fsp3) is 0.269. The van der Waals surface area contributed by atoms with Crippen LogP contribution in [0.4, 0.5) is 0 Å². The van der Waals surface area contributed by atoms with Gasteiger partial charge in [0.05, 0.1) is 42.2 Å². The molecule has 3 aromatic rings. The number of ether oxygens (including phenoxy) is 3. The molecule has 2 aromatic carbocycles. The number of allylic oxidation sites excluding steroid dienone is 1. The predicted molar refractivity (Wildman–Crippen MR) is 136 cm³/mol. The van der Waals surface area contributed by atoms with Crippen LogP contribution < -0.4 is 24.4 Å². The van der Waals surface area contributed by atoms with Crippen LogP contribution in [-0.2, 0) is 9.53 Å². The van der Waals surface area contributed by atoms with E-state index >= 15 is 0 Å². The fourth-order valence-electron chi connectivity index (χ4n) is 3.95. The Morgan fingerprint density at radius 3 is 2.54 bits per heavy atom. The zero-order valence-corrected chi connectivity index (χ0v) is 21.4. The van der Waals surface area contributed by atoms with Gasteiger partial charge in [-0.15, -0.1) is 0 Å². The Morgan fingerprint density at radius 2 is 1.89 bits per heavy atom. The van der Waals surface area contributed by atoms with Crippen LogP contribution in [-0.4, -0.2) is 30.9 Å². The second-order valence-electron chi connectivity index (χ2n) is 7.70. The first-order valence-corrected chi connectivity index (χ1v) is 12.3. The number of thiazole rings is 1. The molecular weight excluding hydrogens is 488 g/mol. The lowest BCUT2D eigenvalue weighted by molar-refractivity contribution is -0.139. The molecule has 4 rings (SSSR count). The summed E-state index contributed by atoms with van der Waals surface area (Å²) in [6.45, 7) is 6.13. The normalized spacial score (nSPS) is 15.5. The molecule has 1 aliphatic rings. The number of rotatable bonds is 7. The van der Waals surface area contributed by atoms with Gasteiger partial charge in [0.2, 0.25) is 0 Å². The van der Waals surface area contributed by atoms with Crippen LogP contribution in [0.15, 0.2) is 63.5 Å². The van der Waals surface area contributed by atoms with E-state index < -0.39 is 12.0 Å². The van der Waals surface area contributed by atoms with Crippen molar-refractivity contribution in [2.24, 2.45) is 4.99 Å². The molecule has 0 radical (unpaired) electrons. The van der Waals surface area contributed by atoms with Gasteiger partial charge in [0.25, 0.3) is 5.56 Å². The standard InChI is InChI=1S/C26H25ClN2O5S/c1-5-33-19-12-7-16(13-20(19)32-4)14-21-24(30)29-23(17-8-10-18(27)11-9-17)22(25(31)34-6-2)15(3)28-26(29)35-21/h7-14,23H,5-6H2,1-4H3. The smallest absolute Gasteiger partial charge is 0.338 e. The number of benzene rings is 2. The van der Waals surface area contributed by atoms with Gasteiger partial charge >= 0.3 is 5.97 Å². The highest BCUT2D eigenvalue weighted by Gasteiger charge is 2.33. The molecule has 0 saturated carbocycles. The lowest BCUT2D eigenvalue weighted by Crippen LogP contribution is -2.39. The first kappa shape index (κ1) is 24.8. The Morgan fingerprint density at radius 1 is 1.14 bits per heavy atom. The van der Waals surface area contributed by atoms with E-state index in [0.717, 1.165) is 11.1 Å². The first-order valence-electron chi connectivity index (χ1n) is 11.1. The van der Waals surface area contributed by atoms with Gasteiger partial charge in [-0.25, -0.2) is 9.79 Å². The highest BCUT2D eigenvalue weighted by Crippen LogP contribution is 2.31. The second-order valence-corrected chi connectivity index (χ2v) is 9.14. The average Bonchev–Trinajstić information content (AvgIpc) is 3.14. The number of nitrogens with zero attached hydrogens (tertiary/aromatic N) is 2. The molecule has 2 heterocycles. The molecule has 0 aliphatic carbocycles. The minimum atomic E-state index is -0.681. The summed E-state index contributed by atoms with van der Waals surface area (Å²) in [4.78, 5) is 31.7. The Kier molecular flexibility index (Phi) is 7.42. The highest BCUT2D eigenvalue weighted by atomic mass is 35.5. The molecule has 7 nitrogen and oxygen atoms in total. The molecule has 182 valence electrons. The van der Waals surface area contributed by atoms with Gasteiger partial charge in [-0.3, -0.25) is 9.36 Å². The number of esters is 1. The van der Waals surface area contributed by atoms with E-state index in [1.807, 2.05) is 25.1 Å². The Bertz CT molecular complexity index is 1470. The van der Waals surface area contributed by atoms with Crippen molar-refractivity contribution in [3.63, 3.8) is 0 Å². The molecule has 0 fully saturated rings. The van der Waals surface area contributed by atoms with Gasteiger partial charge < -0.3 is 14.2 Å². The van der Waals surface area contributed by atoms with Gasteiger partial charge in [-0.1, -0.05) is 41.1 Å². The minimum absolute atomic E-state index is 0.215. The van der Waals surface area contributed by atoms with E-state index in [1.165, 1.54) is 11.3 Å². The van der Waals surface area contributed by atoms with E-state index in [-0.39, 0.29) is 12.2 Å². The number of hydrogen-bond acceptors (Lipinski definition) is 7. The highest BCUT2D eigenvalue weighted by molar-refractivity contribution is 7.07. The van der Waals surface area contributed by atoms with Crippen molar-refractivity contribution in [2.75, 3.05) is 20.3 Å². The van der Waals surface area contributed by atoms with Crippen LogP contribution in [0.3, 0.4) is 0 Å². The topological polar surface area (TPSA) is 79.1 Å². The first-order chi connectivity index (χ1) is 16.9. The lowest BCUT2D eigenvalue weighted by atomic mass is 9.96. The summed E-state index contributed by atoms with van der Waals surface area (Å²) in [6.07, 6.45) is 1.78. The van der Waals surface area contributed by atoms with Crippen LogP contribution in [0.1, 0.15) is 37.9 Å². The number of aromatic nitrogens is 1. The maximum absolute atomic E-state index is 13.7. The second kappa shape index (κ2) is 10.5. The third-order valence-electron chi connectivity index (χ3n) is 5.49. The molecule has 0 spiro atoms. The third-order valence-corrected chi connectivity index (χ3v) is 6.72. The van der Waals surface area contributed by atoms with Crippen LogP contribution in [0.5, 0.6) is 11.5 Å². The van der Waals surface area contributed by atoms with Crippen molar-refractivity contribution in [3.8, 4) is 11.5 Å². The zero-order valence-electron chi connectivity index (χ0n) is 19.8. The van der Waals surface area contributed by atoms with Crippen molar-refractivity contribution >= 4 is 35.0 Å². The average molecular weight is 513 g/mol. The van der Waals surface area contributed by atoms with Crippen LogP contribution in [0.25, 0.3) is 6.08 Å². The monoisotopic (exact) mass is 512 g/mol. The summed E-state index contributed by atoms with van der Waals surface area (Å²) in [5.74, 6) is 0.707. The number of halogens is 1. The number of fused-ring (bicyclic) bond motifs is 1. The summed E-state index contributed by atoms with van der Waals surface area (Å²) in [5.41, 5.74) is 2.10. The maximum Gasteiger partial charge on any atom is 0.338 e. The molecule has 1 atom stereocenters. The third kappa shape index (κ3) is 4.90. The molecule has 0 saturated heterocycles. The Balaban J connectivity index is 1.90. The van der Waals surface area contributed by atoms with Crippen molar-refractivity contribution in [1.82, 2.24) is 4.57 Å². The van der Waals surface area contributed by atoms with Gasteiger partial charge in [0, 0.05) is 5.02 Å². The molecule has 1 aromatic heterocycles. The summed E-state index contributed by atoms with van der Waals surface area (Å²) in [7, 11) is 1.57. The molecule has 0 bridgehead atoms. The number of carbonyl (C=O) groups is 1. The summed E-state index contributed by atoms with van der Waals surface area (Å²) < 4.78 is 18.4. The van der Waals surface area contributed by atoms with E-state index in [4.69, 9.17) is 25.8 Å². The van der Waals surface area contributed by atoms with Crippen molar-refractivity contribution in [3.05, 3.63) is 89.6 Å². The predicted octanol–water partition coefficient (Wildman–Crippen LogP) is 3.86. The SMILES string of the molecule is CCOC(=O)C1=C(C)N=c2sc(=Cc3ccc(OCC)c(OC)c3)c(=O)n2C1c1ccc(Cl)cc1. The molecule has 1 aliphatic heterocycles.